The normalized spacial score (nSPS) is 12.1. The summed E-state index contributed by atoms with van der Waals surface area (Å²) in [6, 6.07) is 14.3. The van der Waals surface area contributed by atoms with Crippen LogP contribution in [0.5, 0.6) is 11.5 Å². The van der Waals surface area contributed by atoms with Gasteiger partial charge in [0.05, 0.1) is 36.3 Å². The zero-order chi connectivity index (χ0) is 25.0. The van der Waals surface area contributed by atoms with Gasteiger partial charge in [-0.2, -0.15) is 0 Å². The highest BCUT2D eigenvalue weighted by atomic mass is 79.9. The summed E-state index contributed by atoms with van der Waals surface area (Å²) in [5.74, 6) is 1.67. The zero-order valence-corrected chi connectivity index (χ0v) is 22.7. The van der Waals surface area contributed by atoms with E-state index in [1.54, 1.807) is 12.5 Å². The standard InChI is InChI=1S/C26H33BrNO6P/c1-19(2)34-26-9-6-20(16-24(26)27)5-3-12-32-25-8-7-21(15-23(25)22-10-14-31-18-22)17-28-11-4-13-33-35(29)30/h6-10,14-16,18-19,28,35H,3-5,11-13,17H2,1-2H3,(H,29,30). The lowest BCUT2D eigenvalue weighted by Crippen LogP contribution is -2.16. The fourth-order valence-electron chi connectivity index (χ4n) is 3.55. The van der Waals surface area contributed by atoms with E-state index in [1.165, 1.54) is 5.56 Å². The lowest BCUT2D eigenvalue weighted by atomic mass is 10.0. The first-order valence-corrected chi connectivity index (χ1v) is 13.8. The van der Waals surface area contributed by atoms with E-state index in [2.05, 4.69) is 39.4 Å². The van der Waals surface area contributed by atoms with Crippen molar-refractivity contribution in [1.82, 2.24) is 5.32 Å². The summed E-state index contributed by atoms with van der Waals surface area (Å²) in [4.78, 5) is 8.69. The van der Waals surface area contributed by atoms with Crippen LogP contribution in [0.2, 0.25) is 0 Å². The first-order chi connectivity index (χ1) is 16.9. The predicted molar refractivity (Wildman–Crippen MR) is 141 cm³/mol. The molecule has 3 aromatic rings. The number of halogens is 1. The Hall–Kier alpha value is -2.09. The summed E-state index contributed by atoms with van der Waals surface area (Å²) < 4.78 is 33.5. The quantitative estimate of drug-likeness (QED) is 0.163. The Bertz CT molecular complexity index is 1070. The van der Waals surface area contributed by atoms with Crippen LogP contribution in [0.25, 0.3) is 11.1 Å². The molecule has 9 heteroatoms. The van der Waals surface area contributed by atoms with Crippen LogP contribution in [0.1, 0.15) is 37.8 Å². The van der Waals surface area contributed by atoms with Gasteiger partial charge in [-0.25, -0.2) is 0 Å². The molecule has 0 spiro atoms. The minimum atomic E-state index is -2.85. The number of hydrogen-bond donors (Lipinski definition) is 2. The minimum absolute atomic E-state index is 0.136. The van der Waals surface area contributed by atoms with Crippen LogP contribution < -0.4 is 14.8 Å². The van der Waals surface area contributed by atoms with Gasteiger partial charge in [0, 0.05) is 17.7 Å². The van der Waals surface area contributed by atoms with Crippen LogP contribution in [0, 0.1) is 0 Å². The van der Waals surface area contributed by atoms with Crippen LogP contribution in [-0.2, 0) is 22.1 Å². The first-order valence-electron chi connectivity index (χ1n) is 11.7. The molecule has 2 N–H and O–H groups in total. The van der Waals surface area contributed by atoms with E-state index >= 15 is 0 Å². The van der Waals surface area contributed by atoms with Gasteiger partial charge in [0.2, 0.25) is 0 Å². The van der Waals surface area contributed by atoms with E-state index in [0.29, 0.717) is 26.1 Å². The molecule has 0 radical (unpaired) electrons. The molecule has 1 aromatic heterocycles. The van der Waals surface area contributed by atoms with Gasteiger partial charge >= 0.3 is 8.25 Å². The third-order valence-electron chi connectivity index (χ3n) is 5.16. The summed E-state index contributed by atoms with van der Waals surface area (Å²) in [6.07, 6.45) is 5.95. The van der Waals surface area contributed by atoms with Crippen LogP contribution >= 0.6 is 24.2 Å². The molecule has 0 saturated carbocycles. The Morgan fingerprint density at radius 1 is 1.06 bits per heavy atom. The summed E-state index contributed by atoms with van der Waals surface area (Å²) in [7, 11) is -2.85. The molecular weight excluding hydrogens is 533 g/mol. The van der Waals surface area contributed by atoms with Crippen molar-refractivity contribution in [3.8, 4) is 22.6 Å². The van der Waals surface area contributed by atoms with Gasteiger partial charge < -0.3 is 28.6 Å². The van der Waals surface area contributed by atoms with E-state index in [1.807, 2.05) is 38.1 Å². The van der Waals surface area contributed by atoms with Crippen molar-refractivity contribution in [2.75, 3.05) is 19.8 Å². The molecule has 0 bridgehead atoms. The molecule has 0 fully saturated rings. The van der Waals surface area contributed by atoms with Crippen LogP contribution in [0.3, 0.4) is 0 Å². The molecule has 3 rings (SSSR count). The smallest absolute Gasteiger partial charge is 0.316 e. The number of rotatable bonds is 15. The molecule has 0 aliphatic heterocycles. The number of benzene rings is 2. The van der Waals surface area contributed by atoms with Gasteiger partial charge in [-0.15, -0.1) is 0 Å². The number of ether oxygens (including phenoxy) is 2. The molecule has 2 aromatic carbocycles. The van der Waals surface area contributed by atoms with Crippen molar-refractivity contribution < 1.29 is 27.9 Å². The Balaban J connectivity index is 1.53. The lowest BCUT2D eigenvalue weighted by molar-refractivity contribution is 0.241. The maximum Gasteiger partial charge on any atom is 0.316 e. The number of aryl methyl sites for hydroxylation is 1. The summed E-state index contributed by atoms with van der Waals surface area (Å²) >= 11 is 3.60. The third kappa shape index (κ3) is 9.47. The molecule has 1 unspecified atom stereocenters. The van der Waals surface area contributed by atoms with E-state index in [-0.39, 0.29) is 12.7 Å². The fraction of sp³-hybridized carbons (Fsp3) is 0.385. The zero-order valence-electron chi connectivity index (χ0n) is 20.1. The highest BCUT2D eigenvalue weighted by Gasteiger charge is 2.10. The molecule has 0 aliphatic rings. The minimum Gasteiger partial charge on any atom is -0.493 e. The topological polar surface area (TPSA) is 90.2 Å². The number of nitrogens with one attached hydrogen (secondary N) is 1. The highest BCUT2D eigenvalue weighted by Crippen LogP contribution is 2.32. The second kappa shape index (κ2) is 14.5. The molecule has 0 saturated heterocycles. The molecule has 7 nitrogen and oxygen atoms in total. The molecule has 190 valence electrons. The Kier molecular flexibility index (Phi) is 11.4. The highest BCUT2D eigenvalue weighted by molar-refractivity contribution is 9.10. The second-order valence-corrected chi connectivity index (χ2v) is 10.0. The van der Waals surface area contributed by atoms with Gasteiger partial charge in [0.15, 0.2) is 0 Å². The van der Waals surface area contributed by atoms with Crippen LogP contribution in [0.4, 0.5) is 0 Å². The maximum absolute atomic E-state index is 10.6. The average Bonchev–Trinajstić information content (AvgIpc) is 3.35. The van der Waals surface area contributed by atoms with Crippen molar-refractivity contribution in [2.24, 2.45) is 0 Å². The molecule has 35 heavy (non-hydrogen) atoms. The summed E-state index contributed by atoms with van der Waals surface area (Å²) in [6.45, 7) is 6.25. The van der Waals surface area contributed by atoms with Crippen LogP contribution in [0.15, 0.2) is 63.9 Å². The van der Waals surface area contributed by atoms with Crippen molar-refractivity contribution in [3.63, 3.8) is 0 Å². The second-order valence-electron chi connectivity index (χ2n) is 8.37. The van der Waals surface area contributed by atoms with Gasteiger partial charge in [-0.05, 0) is 97.0 Å². The van der Waals surface area contributed by atoms with Crippen molar-refractivity contribution in [2.45, 2.75) is 45.8 Å². The molecule has 0 amide bonds. The lowest BCUT2D eigenvalue weighted by Gasteiger charge is -2.14. The largest absolute Gasteiger partial charge is 0.493 e. The van der Waals surface area contributed by atoms with Gasteiger partial charge in [0.25, 0.3) is 0 Å². The summed E-state index contributed by atoms with van der Waals surface area (Å²) in [5, 5.41) is 3.33. The first kappa shape index (κ1) is 27.5. The predicted octanol–water partition coefficient (Wildman–Crippen LogP) is 6.39. The van der Waals surface area contributed by atoms with E-state index in [4.69, 9.17) is 23.3 Å². The van der Waals surface area contributed by atoms with E-state index < -0.39 is 8.25 Å². The Labute approximate surface area is 215 Å². The average molecular weight is 566 g/mol. The SMILES string of the molecule is CC(C)Oc1ccc(CCCOc2ccc(CNCCCO[PH](=O)O)cc2-c2ccoc2)cc1Br. The van der Waals surface area contributed by atoms with Crippen LogP contribution in [-0.4, -0.2) is 30.8 Å². The summed E-state index contributed by atoms with van der Waals surface area (Å²) in [5.41, 5.74) is 4.29. The van der Waals surface area contributed by atoms with Gasteiger partial charge in [-0.3, -0.25) is 4.57 Å². The van der Waals surface area contributed by atoms with Crippen molar-refractivity contribution >= 4 is 24.2 Å². The van der Waals surface area contributed by atoms with E-state index in [9.17, 15) is 4.57 Å². The Morgan fingerprint density at radius 3 is 2.57 bits per heavy atom. The molecular formula is C26H33BrNO6P. The number of furan rings is 1. The van der Waals surface area contributed by atoms with Gasteiger partial charge in [-0.1, -0.05) is 12.1 Å². The fourth-order valence-corrected chi connectivity index (χ4v) is 4.39. The van der Waals surface area contributed by atoms with Gasteiger partial charge in [0.1, 0.15) is 11.5 Å². The molecule has 0 aliphatic carbocycles. The van der Waals surface area contributed by atoms with Crippen molar-refractivity contribution in [1.29, 1.82) is 0 Å². The monoisotopic (exact) mass is 565 g/mol. The number of hydrogen-bond acceptors (Lipinski definition) is 6. The molecule has 1 heterocycles. The third-order valence-corrected chi connectivity index (χ3v) is 6.23. The van der Waals surface area contributed by atoms with E-state index in [0.717, 1.165) is 45.5 Å². The Morgan fingerprint density at radius 2 is 1.86 bits per heavy atom. The molecule has 1 atom stereocenters. The van der Waals surface area contributed by atoms with Crippen molar-refractivity contribution in [3.05, 3.63) is 70.6 Å². The maximum atomic E-state index is 10.6.